The number of nitrogens with zero attached hydrogens (tertiary/aromatic N) is 2. The van der Waals surface area contributed by atoms with E-state index in [1.165, 1.54) is 6.34 Å². The van der Waals surface area contributed by atoms with Crippen LogP contribution in [0.15, 0.2) is 20.5 Å². The Morgan fingerprint density at radius 1 is 1.60 bits per heavy atom. The molecule has 54 valence electrons. The first kappa shape index (κ1) is 7.47. The monoisotopic (exact) mass is 201 g/mol. The first-order valence-corrected chi connectivity index (χ1v) is 3.76. The van der Waals surface area contributed by atoms with Crippen molar-refractivity contribution in [3.05, 3.63) is 10.6 Å². The smallest absolute Gasteiger partial charge is 0.125 e. The first-order chi connectivity index (χ1) is 4.79. The van der Waals surface area contributed by atoms with Gasteiger partial charge in [0, 0.05) is 11.0 Å². The van der Waals surface area contributed by atoms with Gasteiger partial charge in [0.05, 0.1) is 0 Å². The van der Waals surface area contributed by atoms with Crippen molar-refractivity contribution in [2.45, 2.75) is 6.42 Å². The van der Waals surface area contributed by atoms with Crippen LogP contribution in [0.5, 0.6) is 0 Å². The molecule has 1 heterocycles. The van der Waals surface area contributed by atoms with Crippen molar-refractivity contribution in [3.8, 4) is 0 Å². The third-order valence-electron chi connectivity index (χ3n) is 1.07. The molecule has 0 radical (unpaired) electrons. The summed E-state index contributed by atoms with van der Waals surface area (Å²) in [4.78, 5) is 7.80. The average molecular weight is 202 g/mol. The number of hydrogen-bond donors (Lipinski definition) is 1. The Balaban J connectivity index is 2.77. The molecular weight excluding hydrogens is 194 g/mol. The Labute approximate surface area is 67.9 Å². The number of halogens is 1. The van der Waals surface area contributed by atoms with E-state index in [9.17, 15) is 0 Å². The molecule has 10 heavy (non-hydrogen) atoms. The normalized spacial score (nSPS) is 18.9. The van der Waals surface area contributed by atoms with Gasteiger partial charge in [-0.15, -0.1) is 0 Å². The Morgan fingerprint density at radius 3 is 3.20 bits per heavy atom. The van der Waals surface area contributed by atoms with Crippen LogP contribution >= 0.6 is 15.9 Å². The lowest BCUT2D eigenvalue weighted by Gasteiger charge is -1.98. The fourth-order valence-corrected chi connectivity index (χ4v) is 1.02. The topological polar surface area (TPSA) is 50.7 Å². The zero-order valence-corrected chi connectivity index (χ0v) is 7.00. The Kier molecular flexibility index (Phi) is 2.62. The third kappa shape index (κ3) is 2.31. The van der Waals surface area contributed by atoms with E-state index in [1.54, 1.807) is 6.08 Å². The van der Waals surface area contributed by atoms with E-state index in [1.807, 2.05) is 0 Å². The van der Waals surface area contributed by atoms with Gasteiger partial charge in [-0.05, 0) is 12.5 Å². The lowest BCUT2D eigenvalue weighted by molar-refractivity contribution is 0.999. The van der Waals surface area contributed by atoms with Gasteiger partial charge in [0.2, 0.25) is 0 Å². The van der Waals surface area contributed by atoms with Crippen LogP contribution in [0.1, 0.15) is 6.42 Å². The Bertz CT molecular complexity index is 205. The first-order valence-electron chi connectivity index (χ1n) is 2.96. The minimum atomic E-state index is 0.496. The highest BCUT2D eigenvalue weighted by atomic mass is 79.9. The van der Waals surface area contributed by atoms with Gasteiger partial charge in [-0.3, -0.25) is 4.99 Å². The van der Waals surface area contributed by atoms with E-state index in [0.29, 0.717) is 5.84 Å². The average Bonchev–Trinajstić information content (AvgIpc) is 1.83. The van der Waals surface area contributed by atoms with Crippen LogP contribution in [-0.4, -0.2) is 18.7 Å². The van der Waals surface area contributed by atoms with E-state index in [4.69, 9.17) is 5.73 Å². The molecule has 1 aliphatic heterocycles. The minimum Gasteiger partial charge on any atom is -0.384 e. The largest absolute Gasteiger partial charge is 0.384 e. The van der Waals surface area contributed by atoms with Crippen molar-refractivity contribution in [1.82, 2.24) is 0 Å². The molecule has 4 heteroatoms. The van der Waals surface area contributed by atoms with Gasteiger partial charge in [0.15, 0.2) is 0 Å². The summed E-state index contributed by atoms with van der Waals surface area (Å²) >= 11 is 3.34. The third-order valence-corrected chi connectivity index (χ3v) is 1.70. The van der Waals surface area contributed by atoms with Crippen molar-refractivity contribution >= 4 is 28.1 Å². The number of amidine groups is 1. The molecule has 1 rings (SSSR count). The number of aliphatic imine (C=N–C) groups is 2. The fraction of sp³-hybridized carbons (Fsp3) is 0.333. The molecule has 0 amide bonds. The maximum atomic E-state index is 5.45. The number of nitrogens with two attached hydrogens (primary N) is 1. The molecule has 0 aromatic carbocycles. The van der Waals surface area contributed by atoms with Crippen molar-refractivity contribution in [1.29, 1.82) is 0 Å². The standard InChI is InChI=1S/C6H8BrN3/c7-5-1-2-9-4-10-6(8)3-5/h3-4H,1-2H2,(H2,8,9,10). The lowest BCUT2D eigenvalue weighted by atomic mass is 10.3. The fourth-order valence-electron chi connectivity index (χ4n) is 0.606. The molecule has 0 aromatic rings. The van der Waals surface area contributed by atoms with E-state index in [0.717, 1.165) is 17.4 Å². The Hall–Kier alpha value is -0.640. The van der Waals surface area contributed by atoms with Gasteiger partial charge >= 0.3 is 0 Å². The van der Waals surface area contributed by atoms with E-state index >= 15 is 0 Å². The van der Waals surface area contributed by atoms with Crippen molar-refractivity contribution in [2.24, 2.45) is 15.7 Å². The summed E-state index contributed by atoms with van der Waals surface area (Å²) in [5, 5.41) is 0. The second-order valence-electron chi connectivity index (χ2n) is 1.92. The van der Waals surface area contributed by atoms with Crippen LogP contribution in [0.25, 0.3) is 0 Å². The quantitative estimate of drug-likeness (QED) is 0.627. The SMILES string of the molecule is NC1=NC=NCCC(Br)=C1. The molecule has 0 saturated carbocycles. The van der Waals surface area contributed by atoms with E-state index in [-0.39, 0.29) is 0 Å². The molecule has 1 aliphatic rings. The molecule has 0 aliphatic carbocycles. The van der Waals surface area contributed by atoms with Crippen molar-refractivity contribution in [3.63, 3.8) is 0 Å². The second kappa shape index (κ2) is 3.51. The van der Waals surface area contributed by atoms with Crippen molar-refractivity contribution in [2.75, 3.05) is 6.54 Å². The molecule has 0 saturated heterocycles. The van der Waals surface area contributed by atoms with Gasteiger partial charge in [-0.1, -0.05) is 15.9 Å². The van der Waals surface area contributed by atoms with Gasteiger partial charge in [-0.2, -0.15) is 0 Å². The highest BCUT2D eigenvalue weighted by molar-refractivity contribution is 9.11. The second-order valence-corrected chi connectivity index (χ2v) is 2.94. The summed E-state index contributed by atoms with van der Waals surface area (Å²) in [6.07, 6.45) is 4.18. The zero-order chi connectivity index (χ0) is 7.40. The summed E-state index contributed by atoms with van der Waals surface area (Å²) in [7, 11) is 0. The Morgan fingerprint density at radius 2 is 2.40 bits per heavy atom. The summed E-state index contributed by atoms with van der Waals surface area (Å²) in [5.74, 6) is 0.496. The maximum absolute atomic E-state index is 5.45. The summed E-state index contributed by atoms with van der Waals surface area (Å²) in [5.41, 5.74) is 5.45. The maximum Gasteiger partial charge on any atom is 0.125 e. The van der Waals surface area contributed by atoms with Gasteiger partial charge in [0.25, 0.3) is 0 Å². The molecule has 0 spiro atoms. The van der Waals surface area contributed by atoms with Gasteiger partial charge < -0.3 is 5.73 Å². The lowest BCUT2D eigenvalue weighted by Crippen LogP contribution is -2.09. The van der Waals surface area contributed by atoms with Crippen LogP contribution < -0.4 is 5.73 Å². The minimum absolute atomic E-state index is 0.496. The van der Waals surface area contributed by atoms with Crippen LogP contribution in [0, 0.1) is 0 Å². The molecule has 0 bridgehead atoms. The number of hydrogen-bond acceptors (Lipinski definition) is 3. The molecule has 0 atom stereocenters. The molecule has 0 aromatic heterocycles. The van der Waals surface area contributed by atoms with Crippen LogP contribution in [-0.2, 0) is 0 Å². The summed E-state index contributed by atoms with van der Waals surface area (Å²) in [6.45, 7) is 0.772. The zero-order valence-electron chi connectivity index (χ0n) is 5.42. The molecule has 2 N–H and O–H groups in total. The van der Waals surface area contributed by atoms with E-state index in [2.05, 4.69) is 25.9 Å². The molecule has 0 unspecified atom stereocenters. The van der Waals surface area contributed by atoms with Crippen LogP contribution in [0.3, 0.4) is 0 Å². The predicted octanol–water partition coefficient (Wildman–Crippen LogP) is 1.05. The predicted molar refractivity (Wildman–Crippen MR) is 46.6 cm³/mol. The highest BCUT2D eigenvalue weighted by Crippen LogP contribution is 2.10. The van der Waals surface area contributed by atoms with Gasteiger partial charge in [0.1, 0.15) is 12.2 Å². The van der Waals surface area contributed by atoms with E-state index < -0.39 is 0 Å². The van der Waals surface area contributed by atoms with Crippen LogP contribution in [0.2, 0.25) is 0 Å². The van der Waals surface area contributed by atoms with Crippen LogP contribution in [0.4, 0.5) is 0 Å². The highest BCUT2D eigenvalue weighted by Gasteiger charge is 1.94. The van der Waals surface area contributed by atoms with Crippen molar-refractivity contribution < 1.29 is 0 Å². The molecule has 3 nitrogen and oxygen atoms in total. The summed E-state index contributed by atoms with van der Waals surface area (Å²) < 4.78 is 1.05. The number of rotatable bonds is 0. The summed E-state index contributed by atoms with van der Waals surface area (Å²) in [6, 6.07) is 0. The molecule has 0 fully saturated rings. The van der Waals surface area contributed by atoms with Gasteiger partial charge in [-0.25, -0.2) is 4.99 Å². The molecular formula is C6H8BrN3.